The van der Waals surface area contributed by atoms with E-state index in [0.29, 0.717) is 6.04 Å². The summed E-state index contributed by atoms with van der Waals surface area (Å²) in [5.41, 5.74) is 1.18. The van der Waals surface area contributed by atoms with Gasteiger partial charge < -0.3 is 9.88 Å². The van der Waals surface area contributed by atoms with Gasteiger partial charge in [-0.3, -0.25) is 0 Å². The lowest BCUT2D eigenvalue weighted by molar-refractivity contribution is 0.471. The Morgan fingerprint density at radius 3 is 2.76 bits per heavy atom. The second-order valence-corrected chi connectivity index (χ2v) is 5.66. The molecule has 0 amide bonds. The highest BCUT2D eigenvalue weighted by Crippen LogP contribution is 2.16. The summed E-state index contributed by atoms with van der Waals surface area (Å²) >= 11 is 0. The van der Waals surface area contributed by atoms with Crippen molar-refractivity contribution in [3.63, 3.8) is 0 Å². The van der Waals surface area contributed by atoms with Crippen molar-refractivity contribution in [3.8, 4) is 11.4 Å². The number of imidazole rings is 1. The molecule has 1 unspecified atom stereocenters. The van der Waals surface area contributed by atoms with E-state index in [1.54, 1.807) is 0 Å². The van der Waals surface area contributed by atoms with Crippen LogP contribution in [0.2, 0.25) is 0 Å². The largest absolute Gasteiger partial charge is 0.330 e. The summed E-state index contributed by atoms with van der Waals surface area (Å²) in [4.78, 5) is 4.48. The summed E-state index contributed by atoms with van der Waals surface area (Å²) in [6.45, 7) is 6.48. The van der Waals surface area contributed by atoms with Gasteiger partial charge in [-0.25, -0.2) is 4.98 Å². The number of rotatable bonds is 9. The van der Waals surface area contributed by atoms with Crippen LogP contribution >= 0.6 is 0 Å². The van der Waals surface area contributed by atoms with Crippen molar-refractivity contribution in [2.45, 2.75) is 52.1 Å². The predicted molar refractivity (Wildman–Crippen MR) is 89.3 cm³/mol. The van der Waals surface area contributed by atoms with Crippen LogP contribution in [-0.4, -0.2) is 22.1 Å². The summed E-state index contributed by atoms with van der Waals surface area (Å²) < 4.78 is 2.22. The van der Waals surface area contributed by atoms with Gasteiger partial charge in [-0.1, -0.05) is 56.5 Å². The molecule has 0 aliphatic carbocycles. The first-order chi connectivity index (χ1) is 10.3. The van der Waals surface area contributed by atoms with Gasteiger partial charge >= 0.3 is 0 Å². The second-order valence-electron chi connectivity index (χ2n) is 5.66. The van der Waals surface area contributed by atoms with Crippen LogP contribution in [0, 0.1) is 0 Å². The first-order valence-electron chi connectivity index (χ1n) is 8.11. The minimum Gasteiger partial charge on any atom is -0.330 e. The number of hydrogen-bond donors (Lipinski definition) is 1. The van der Waals surface area contributed by atoms with E-state index in [2.05, 4.69) is 59.2 Å². The van der Waals surface area contributed by atoms with Crippen molar-refractivity contribution in [2.75, 3.05) is 6.54 Å². The van der Waals surface area contributed by atoms with Gasteiger partial charge in [0, 0.05) is 37.1 Å². The number of benzene rings is 1. The Kier molecular flexibility index (Phi) is 6.48. The maximum absolute atomic E-state index is 4.48. The van der Waals surface area contributed by atoms with Gasteiger partial charge in [0.2, 0.25) is 0 Å². The Morgan fingerprint density at radius 2 is 2.00 bits per heavy atom. The van der Waals surface area contributed by atoms with Gasteiger partial charge in [-0.2, -0.15) is 0 Å². The molecule has 0 aliphatic rings. The molecule has 2 aromatic rings. The fourth-order valence-corrected chi connectivity index (χ4v) is 2.57. The van der Waals surface area contributed by atoms with Crippen molar-refractivity contribution in [2.24, 2.45) is 0 Å². The highest BCUT2D eigenvalue weighted by atomic mass is 15.1. The highest BCUT2D eigenvalue weighted by Gasteiger charge is 2.06. The molecule has 0 saturated carbocycles. The van der Waals surface area contributed by atoms with Crippen molar-refractivity contribution >= 4 is 0 Å². The molecule has 1 aromatic heterocycles. The minimum atomic E-state index is 0.597. The van der Waals surface area contributed by atoms with Crippen LogP contribution < -0.4 is 5.32 Å². The lowest BCUT2D eigenvalue weighted by atomic mass is 10.1. The number of hydrogen-bond acceptors (Lipinski definition) is 2. The van der Waals surface area contributed by atoms with Crippen LogP contribution in [0.5, 0.6) is 0 Å². The third-order valence-electron chi connectivity index (χ3n) is 3.83. The molecule has 1 N–H and O–H groups in total. The summed E-state index contributed by atoms with van der Waals surface area (Å²) in [6.07, 6.45) is 9.17. The Morgan fingerprint density at radius 1 is 1.19 bits per heavy atom. The maximum atomic E-state index is 4.48. The van der Waals surface area contributed by atoms with Crippen LogP contribution in [0.4, 0.5) is 0 Å². The van der Waals surface area contributed by atoms with Crippen molar-refractivity contribution < 1.29 is 0 Å². The molecule has 114 valence electrons. The van der Waals surface area contributed by atoms with E-state index >= 15 is 0 Å². The zero-order chi connectivity index (χ0) is 14.9. The summed E-state index contributed by atoms with van der Waals surface area (Å²) in [5, 5.41) is 3.61. The molecule has 3 nitrogen and oxygen atoms in total. The molecule has 1 aromatic carbocycles. The van der Waals surface area contributed by atoms with Gasteiger partial charge in [-0.15, -0.1) is 0 Å². The van der Waals surface area contributed by atoms with Crippen molar-refractivity contribution in [3.05, 3.63) is 42.7 Å². The van der Waals surface area contributed by atoms with E-state index in [1.165, 1.54) is 31.2 Å². The van der Waals surface area contributed by atoms with E-state index in [4.69, 9.17) is 0 Å². The number of unbranched alkanes of at least 4 members (excludes halogenated alkanes) is 2. The Balaban J connectivity index is 1.81. The van der Waals surface area contributed by atoms with E-state index in [-0.39, 0.29) is 0 Å². The van der Waals surface area contributed by atoms with Crippen LogP contribution in [0.25, 0.3) is 11.4 Å². The Hall–Kier alpha value is -1.61. The number of nitrogens with zero attached hydrogens (tertiary/aromatic N) is 2. The van der Waals surface area contributed by atoms with E-state index in [1.807, 2.05) is 12.3 Å². The zero-order valence-electron chi connectivity index (χ0n) is 13.3. The average molecular weight is 285 g/mol. The highest BCUT2D eigenvalue weighted by molar-refractivity contribution is 5.55. The smallest absolute Gasteiger partial charge is 0.139 e. The summed E-state index contributed by atoms with van der Waals surface area (Å²) in [6, 6.07) is 11.0. The molecule has 1 heterocycles. The van der Waals surface area contributed by atoms with Crippen LogP contribution in [0.15, 0.2) is 42.7 Å². The van der Waals surface area contributed by atoms with Crippen molar-refractivity contribution in [1.82, 2.24) is 14.9 Å². The molecular formula is C18H27N3. The molecule has 0 spiro atoms. The predicted octanol–water partition coefficient (Wildman–Crippen LogP) is 4.11. The number of nitrogens with one attached hydrogen (secondary N) is 1. The van der Waals surface area contributed by atoms with Crippen LogP contribution in [0.1, 0.15) is 39.5 Å². The lowest BCUT2D eigenvalue weighted by Gasteiger charge is -2.14. The van der Waals surface area contributed by atoms with Crippen molar-refractivity contribution in [1.29, 1.82) is 0 Å². The lowest BCUT2D eigenvalue weighted by Crippen LogP contribution is -2.29. The molecular weight excluding hydrogens is 258 g/mol. The van der Waals surface area contributed by atoms with Gasteiger partial charge in [0.25, 0.3) is 0 Å². The maximum Gasteiger partial charge on any atom is 0.139 e. The molecule has 0 bridgehead atoms. The number of aromatic nitrogens is 2. The fraction of sp³-hybridized carbons (Fsp3) is 0.500. The zero-order valence-corrected chi connectivity index (χ0v) is 13.3. The first-order valence-corrected chi connectivity index (χ1v) is 8.11. The SMILES string of the molecule is CCCCCC(C)NCCn1ccnc1-c1ccccc1. The molecule has 21 heavy (non-hydrogen) atoms. The normalized spacial score (nSPS) is 12.5. The molecule has 3 heteroatoms. The average Bonchev–Trinajstić information content (AvgIpc) is 2.97. The van der Waals surface area contributed by atoms with Gasteiger partial charge in [0.1, 0.15) is 5.82 Å². The minimum absolute atomic E-state index is 0.597. The third kappa shape index (κ3) is 5.01. The van der Waals surface area contributed by atoms with Gasteiger partial charge in [-0.05, 0) is 13.3 Å². The van der Waals surface area contributed by atoms with Gasteiger partial charge in [0.05, 0.1) is 0 Å². The Labute approximate surface area is 128 Å². The van der Waals surface area contributed by atoms with E-state index < -0.39 is 0 Å². The van der Waals surface area contributed by atoms with Gasteiger partial charge in [0.15, 0.2) is 0 Å². The topological polar surface area (TPSA) is 29.9 Å². The quantitative estimate of drug-likeness (QED) is 0.703. The Bertz CT molecular complexity index is 504. The van der Waals surface area contributed by atoms with Crippen LogP contribution in [-0.2, 0) is 6.54 Å². The molecule has 1 atom stereocenters. The standard InChI is InChI=1S/C18H27N3/c1-3-4-6-9-16(2)19-12-14-21-15-13-20-18(21)17-10-7-5-8-11-17/h5,7-8,10-11,13,15-16,19H,3-4,6,9,12,14H2,1-2H3. The molecule has 0 saturated heterocycles. The summed E-state index contributed by atoms with van der Waals surface area (Å²) in [5.74, 6) is 1.05. The molecule has 0 fully saturated rings. The second kappa shape index (κ2) is 8.63. The third-order valence-corrected chi connectivity index (χ3v) is 3.83. The van der Waals surface area contributed by atoms with Crippen LogP contribution in [0.3, 0.4) is 0 Å². The molecule has 0 aliphatic heterocycles. The fourth-order valence-electron chi connectivity index (χ4n) is 2.57. The monoisotopic (exact) mass is 285 g/mol. The molecule has 0 radical (unpaired) electrons. The van der Waals surface area contributed by atoms with E-state index in [9.17, 15) is 0 Å². The first kappa shape index (κ1) is 15.8. The molecule has 2 rings (SSSR count). The summed E-state index contributed by atoms with van der Waals surface area (Å²) in [7, 11) is 0. The van der Waals surface area contributed by atoms with E-state index in [0.717, 1.165) is 18.9 Å².